The summed E-state index contributed by atoms with van der Waals surface area (Å²) in [6.45, 7) is 6.19. The quantitative estimate of drug-likeness (QED) is 0.822. The summed E-state index contributed by atoms with van der Waals surface area (Å²) in [5.41, 5.74) is 0. The zero-order chi connectivity index (χ0) is 12.9. The SMILES string of the molecule is CCOCC(C)N1CCNCC(C(F)(F)F)C1. The Morgan fingerprint density at radius 2 is 2.18 bits per heavy atom. The summed E-state index contributed by atoms with van der Waals surface area (Å²) in [6, 6.07) is 0.0275. The number of ether oxygens (including phenoxy) is 1. The van der Waals surface area contributed by atoms with Crippen molar-refractivity contribution in [3.05, 3.63) is 0 Å². The molecular formula is C11H21F3N2O. The number of halogens is 3. The van der Waals surface area contributed by atoms with Crippen molar-refractivity contribution in [2.45, 2.75) is 26.1 Å². The predicted molar refractivity (Wildman–Crippen MR) is 59.9 cm³/mol. The molecule has 102 valence electrons. The minimum Gasteiger partial charge on any atom is -0.380 e. The lowest BCUT2D eigenvalue weighted by molar-refractivity contribution is -0.177. The fourth-order valence-electron chi connectivity index (χ4n) is 1.95. The van der Waals surface area contributed by atoms with E-state index in [9.17, 15) is 13.2 Å². The second kappa shape index (κ2) is 6.56. The van der Waals surface area contributed by atoms with Crippen molar-refractivity contribution in [2.75, 3.05) is 39.4 Å². The maximum atomic E-state index is 12.7. The first-order chi connectivity index (χ1) is 7.95. The van der Waals surface area contributed by atoms with E-state index in [-0.39, 0.29) is 19.1 Å². The first-order valence-corrected chi connectivity index (χ1v) is 6.04. The van der Waals surface area contributed by atoms with E-state index in [2.05, 4.69) is 5.32 Å². The van der Waals surface area contributed by atoms with Crippen LogP contribution in [-0.2, 0) is 4.74 Å². The van der Waals surface area contributed by atoms with Crippen LogP contribution in [0.25, 0.3) is 0 Å². The molecule has 0 spiro atoms. The summed E-state index contributed by atoms with van der Waals surface area (Å²) in [5.74, 6) is -1.28. The van der Waals surface area contributed by atoms with Gasteiger partial charge in [-0.1, -0.05) is 0 Å². The molecule has 0 bridgehead atoms. The highest BCUT2D eigenvalue weighted by Gasteiger charge is 2.41. The maximum absolute atomic E-state index is 12.7. The highest BCUT2D eigenvalue weighted by Crippen LogP contribution is 2.27. The number of nitrogens with one attached hydrogen (secondary N) is 1. The molecule has 0 aromatic rings. The minimum atomic E-state index is -4.12. The van der Waals surface area contributed by atoms with Gasteiger partial charge in [-0.3, -0.25) is 4.90 Å². The summed E-state index contributed by atoms with van der Waals surface area (Å²) >= 11 is 0. The molecular weight excluding hydrogens is 233 g/mol. The smallest absolute Gasteiger partial charge is 0.380 e. The molecule has 0 aromatic heterocycles. The van der Waals surface area contributed by atoms with Crippen LogP contribution < -0.4 is 5.32 Å². The van der Waals surface area contributed by atoms with Crippen LogP contribution >= 0.6 is 0 Å². The number of nitrogens with zero attached hydrogens (tertiary/aromatic N) is 1. The molecule has 1 N–H and O–H groups in total. The van der Waals surface area contributed by atoms with Gasteiger partial charge < -0.3 is 10.1 Å². The molecule has 2 atom stereocenters. The molecule has 1 fully saturated rings. The van der Waals surface area contributed by atoms with Crippen LogP contribution in [-0.4, -0.2) is 56.5 Å². The summed E-state index contributed by atoms with van der Waals surface area (Å²) in [7, 11) is 0. The Hall–Kier alpha value is -0.330. The third kappa shape index (κ3) is 4.81. The molecule has 0 radical (unpaired) electrons. The maximum Gasteiger partial charge on any atom is 0.394 e. The van der Waals surface area contributed by atoms with Crippen LogP contribution in [0, 0.1) is 5.92 Å². The summed E-state index contributed by atoms with van der Waals surface area (Å²) in [4.78, 5) is 1.85. The molecule has 1 aliphatic heterocycles. The van der Waals surface area contributed by atoms with Gasteiger partial charge >= 0.3 is 6.18 Å². The summed E-state index contributed by atoms with van der Waals surface area (Å²) < 4.78 is 43.4. The third-order valence-corrected chi connectivity index (χ3v) is 3.07. The number of alkyl halides is 3. The van der Waals surface area contributed by atoms with Crippen molar-refractivity contribution < 1.29 is 17.9 Å². The largest absolute Gasteiger partial charge is 0.394 e. The van der Waals surface area contributed by atoms with Crippen LogP contribution in [0.15, 0.2) is 0 Å². The summed E-state index contributed by atoms with van der Waals surface area (Å²) in [6.07, 6.45) is -4.12. The van der Waals surface area contributed by atoms with Crippen LogP contribution in [0.4, 0.5) is 13.2 Å². The van der Waals surface area contributed by atoms with Gasteiger partial charge in [0.05, 0.1) is 12.5 Å². The Balaban J connectivity index is 2.53. The number of rotatable bonds is 4. The minimum absolute atomic E-state index is 0.0152. The number of hydrogen-bond donors (Lipinski definition) is 1. The van der Waals surface area contributed by atoms with E-state index in [1.165, 1.54) is 0 Å². The van der Waals surface area contributed by atoms with Crippen molar-refractivity contribution in [3.63, 3.8) is 0 Å². The van der Waals surface area contributed by atoms with Crippen molar-refractivity contribution in [1.29, 1.82) is 0 Å². The Kier molecular flexibility index (Phi) is 5.69. The Labute approximate surface area is 100 Å². The Morgan fingerprint density at radius 1 is 1.47 bits per heavy atom. The van der Waals surface area contributed by atoms with Crippen LogP contribution in [0.2, 0.25) is 0 Å². The lowest BCUT2D eigenvalue weighted by atomic mass is 10.1. The monoisotopic (exact) mass is 254 g/mol. The molecule has 0 aliphatic carbocycles. The molecule has 0 aromatic carbocycles. The van der Waals surface area contributed by atoms with E-state index in [0.717, 1.165) is 0 Å². The zero-order valence-corrected chi connectivity index (χ0v) is 10.4. The molecule has 6 heteroatoms. The highest BCUT2D eigenvalue weighted by atomic mass is 19.4. The van der Waals surface area contributed by atoms with Gasteiger partial charge in [0, 0.05) is 38.8 Å². The molecule has 1 heterocycles. The zero-order valence-electron chi connectivity index (χ0n) is 10.4. The van der Waals surface area contributed by atoms with Gasteiger partial charge in [0.2, 0.25) is 0 Å². The molecule has 17 heavy (non-hydrogen) atoms. The van der Waals surface area contributed by atoms with Gasteiger partial charge in [-0.2, -0.15) is 13.2 Å². The molecule has 1 rings (SSSR count). The van der Waals surface area contributed by atoms with Crippen molar-refractivity contribution in [2.24, 2.45) is 5.92 Å². The Bertz CT molecular complexity index is 223. The molecule has 1 saturated heterocycles. The fourth-order valence-corrected chi connectivity index (χ4v) is 1.95. The molecule has 0 amide bonds. The van der Waals surface area contributed by atoms with Crippen LogP contribution in [0.3, 0.4) is 0 Å². The van der Waals surface area contributed by atoms with Gasteiger partial charge in [-0.05, 0) is 13.8 Å². The lowest BCUT2D eigenvalue weighted by Gasteiger charge is -2.30. The average molecular weight is 254 g/mol. The number of hydrogen-bond acceptors (Lipinski definition) is 3. The van der Waals surface area contributed by atoms with E-state index in [4.69, 9.17) is 4.74 Å². The molecule has 0 saturated carbocycles. The Morgan fingerprint density at radius 3 is 2.76 bits per heavy atom. The van der Waals surface area contributed by atoms with E-state index in [1.807, 2.05) is 18.7 Å². The van der Waals surface area contributed by atoms with Gasteiger partial charge in [-0.25, -0.2) is 0 Å². The third-order valence-electron chi connectivity index (χ3n) is 3.07. The first kappa shape index (κ1) is 14.7. The molecule has 2 unspecified atom stereocenters. The van der Waals surface area contributed by atoms with Crippen molar-refractivity contribution >= 4 is 0 Å². The second-order valence-electron chi connectivity index (χ2n) is 4.45. The average Bonchev–Trinajstić information content (AvgIpc) is 2.50. The van der Waals surface area contributed by atoms with Crippen molar-refractivity contribution in [1.82, 2.24) is 10.2 Å². The fraction of sp³-hybridized carbons (Fsp3) is 1.00. The van der Waals surface area contributed by atoms with E-state index in [1.54, 1.807) is 0 Å². The predicted octanol–water partition coefficient (Wildman–Crippen LogP) is 1.50. The molecule has 1 aliphatic rings. The van der Waals surface area contributed by atoms with Gasteiger partial charge in [0.25, 0.3) is 0 Å². The van der Waals surface area contributed by atoms with E-state index in [0.29, 0.717) is 26.3 Å². The van der Waals surface area contributed by atoms with Gasteiger partial charge in [0.15, 0.2) is 0 Å². The topological polar surface area (TPSA) is 24.5 Å². The first-order valence-electron chi connectivity index (χ1n) is 6.04. The van der Waals surface area contributed by atoms with Crippen LogP contribution in [0.5, 0.6) is 0 Å². The highest BCUT2D eigenvalue weighted by molar-refractivity contribution is 4.81. The van der Waals surface area contributed by atoms with Crippen molar-refractivity contribution in [3.8, 4) is 0 Å². The normalized spacial score (nSPS) is 25.6. The van der Waals surface area contributed by atoms with Gasteiger partial charge in [0.1, 0.15) is 0 Å². The van der Waals surface area contributed by atoms with Gasteiger partial charge in [-0.15, -0.1) is 0 Å². The molecule has 3 nitrogen and oxygen atoms in total. The summed E-state index contributed by atoms with van der Waals surface area (Å²) in [5, 5.41) is 2.84. The van der Waals surface area contributed by atoms with Crippen LogP contribution in [0.1, 0.15) is 13.8 Å². The van der Waals surface area contributed by atoms with E-state index >= 15 is 0 Å². The lowest BCUT2D eigenvalue weighted by Crippen LogP contribution is -2.43. The standard InChI is InChI=1S/C11H21F3N2O/c1-3-17-8-9(2)16-5-4-15-6-10(7-16)11(12,13)14/h9-10,15H,3-8H2,1-2H3. The van der Waals surface area contributed by atoms with E-state index < -0.39 is 12.1 Å². The second-order valence-corrected chi connectivity index (χ2v) is 4.45.